The third kappa shape index (κ3) is 3.28. The summed E-state index contributed by atoms with van der Waals surface area (Å²) in [5.41, 5.74) is 3.01. The number of ether oxygens (including phenoxy) is 3. The Bertz CT molecular complexity index is 1060. The molecule has 30 heavy (non-hydrogen) atoms. The van der Waals surface area contributed by atoms with Crippen LogP contribution < -0.4 is 19.7 Å². The Morgan fingerprint density at radius 2 is 2.07 bits per heavy atom. The first kappa shape index (κ1) is 18.9. The Kier molecular flexibility index (Phi) is 5.02. The van der Waals surface area contributed by atoms with Crippen LogP contribution in [-0.4, -0.2) is 35.2 Å². The van der Waals surface area contributed by atoms with Gasteiger partial charge in [0.2, 0.25) is 6.79 Å². The molecule has 1 N–H and O–H groups in total. The number of pyridine rings is 1. The predicted molar refractivity (Wildman–Crippen MR) is 117 cm³/mol. The number of nitrogens with zero attached hydrogens (tertiary/aromatic N) is 3. The van der Waals surface area contributed by atoms with Crippen LogP contribution in [0, 0.1) is 0 Å². The molecule has 0 aliphatic carbocycles. The van der Waals surface area contributed by atoms with E-state index in [0.29, 0.717) is 11.7 Å². The topological polar surface area (TPSA) is 60.8 Å². The first-order valence-electron chi connectivity index (χ1n) is 9.80. The molecule has 4 heterocycles. The zero-order chi connectivity index (χ0) is 20.5. The second-order valence-electron chi connectivity index (χ2n) is 7.15. The van der Waals surface area contributed by atoms with Crippen molar-refractivity contribution in [2.75, 3.05) is 25.4 Å². The zero-order valence-electron chi connectivity index (χ0n) is 16.5. The van der Waals surface area contributed by atoms with E-state index in [2.05, 4.69) is 38.1 Å². The summed E-state index contributed by atoms with van der Waals surface area (Å²) in [5.74, 6) is 1.48. The van der Waals surface area contributed by atoms with Crippen molar-refractivity contribution in [3.8, 4) is 11.5 Å². The number of fused-ring (bicyclic) bond motifs is 1. The molecule has 1 aromatic carbocycles. The number of hydrogen-bond donors (Lipinski definition) is 1. The Labute approximate surface area is 180 Å². The van der Waals surface area contributed by atoms with Crippen molar-refractivity contribution < 1.29 is 14.2 Å². The van der Waals surface area contributed by atoms with Crippen LogP contribution >= 0.6 is 12.2 Å². The molecule has 0 radical (unpaired) electrons. The molecule has 2 aliphatic rings. The summed E-state index contributed by atoms with van der Waals surface area (Å²) in [5, 5.41) is 4.13. The molecule has 0 unspecified atom stereocenters. The number of aromatic nitrogens is 2. The minimum atomic E-state index is -0.0969. The van der Waals surface area contributed by atoms with Crippen molar-refractivity contribution in [1.29, 1.82) is 0 Å². The fraction of sp³-hybridized carbons (Fsp3) is 0.273. The van der Waals surface area contributed by atoms with E-state index in [-0.39, 0.29) is 18.9 Å². The summed E-state index contributed by atoms with van der Waals surface area (Å²) < 4.78 is 18.6. The second-order valence-corrected chi connectivity index (χ2v) is 7.54. The van der Waals surface area contributed by atoms with E-state index in [0.717, 1.165) is 35.1 Å². The lowest BCUT2D eigenvalue weighted by Gasteiger charge is -2.29. The van der Waals surface area contributed by atoms with Gasteiger partial charge in [0.1, 0.15) is 6.04 Å². The Balaban J connectivity index is 1.60. The molecule has 0 saturated carbocycles. The molecule has 2 aliphatic heterocycles. The minimum absolute atomic E-state index is 0.0837. The predicted octanol–water partition coefficient (Wildman–Crippen LogP) is 3.44. The van der Waals surface area contributed by atoms with Gasteiger partial charge in [0.05, 0.1) is 18.3 Å². The summed E-state index contributed by atoms with van der Waals surface area (Å²) in [7, 11) is 1.71. The van der Waals surface area contributed by atoms with Crippen LogP contribution in [0.2, 0.25) is 0 Å². The maximum Gasteiger partial charge on any atom is 0.231 e. The molecule has 1 saturated heterocycles. The maximum atomic E-state index is 5.79. The number of methoxy groups -OCH3 is 1. The molecule has 2 atom stereocenters. The summed E-state index contributed by atoms with van der Waals surface area (Å²) in [6, 6.07) is 15.9. The summed E-state index contributed by atoms with van der Waals surface area (Å²) in [4.78, 5) is 6.74. The van der Waals surface area contributed by atoms with Gasteiger partial charge in [-0.1, -0.05) is 6.07 Å². The zero-order valence-corrected chi connectivity index (χ0v) is 17.3. The lowest BCUT2D eigenvalue weighted by molar-refractivity contribution is 0.174. The first-order valence-corrected chi connectivity index (χ1v) is 10.2. The SMILES string of the molecule is COCCn1cccc1[C@@H]1[C@@H](c2ccccn2)NC(=S)N1c1ccc2c(c1)OCO2. The monoisotopic (exact) mass is 422 g/mol. The molecule has 1 fully saturated rings. The quantitative estimate of drug-likeness (QED) is 0.611. The lowest BCUT2D eigenvalue weighted by atomic mass is 10.0. The smallest absolute Gasteiger partial charge is 0.231 e. The van der Waals surface area contributed by atoms with Gasteiger partial charge in [-0.2, -0.15) is 0 Å². The first-order chi connectivity index (χ1) is 14.8. The molecule has 2 aromatic heterocycles. The van der Waals surface area contributed by atoms with Gasteiger partial charge >= 0.3 is 0 Å². The van der Waals surface area contributed by atoms with Crippen molar-refractivity contribution in [3.63, 3.8) is 0 Å². The van der Waals surface area contributed by atoms with Gasteiger partial charge in [0, 0.05) is 43.5 Å². The lowest BCUT2D eigenvalue weighted by Crippen LogP contribution is -2.30. The van der Waals surface area contributed by atoms with E-state index < -0.39 is 0 Å². The number of benzene rings is 1. The Morgan fingerprint density at radius 3 is 2.90 bits per heavy atom. The fourth-order valence-electron chi connectivity index (χ4n) is 4.06. The molecule has 0 spiro atoms. The Morgan fingerprint density at radius 1 is 1.17 bits per heavy atom. The van der Waals surface area contributed by atoms with Gasteiger partial charge in [-0.3, -0.25) is 4.98 Å². The van der Waals surface area contributed by atoms with E-state index in [1.165, 1.54) is 0 Å². The molecule has 0 amide bonds. The minimum Gasteiger partial charge on any atom is -0.454 e. The van der Waals surface area contributed by atoms with E-state index in [4.69, 9.17) is 26.4 Å². The number of rotatable bonds is 6. The molecular formula is C22H22N4O3S. The van der Waals surface area contributed by atoms with Gasteiger partial charge in [-0.05, 0) is 48.6 Å². The third-order valence-corrected chi connectivity index (χ3v) is 5.75. The summed E-state index contributed by atoms with van der Waals surface area (Å²) >= 11 is 5.79. The fourth-order valence-corrected chi connectivity index (χ4v) is 4.40. The highest BCUT2D eigenvalue weighted by Crippen LogP contribution is 2.44. The van der Waals surface area contributed by atoms with E-state index in [9.17, 15) is 0 Å². The number of nitrogens with one attached hydrogen (secondary N) is 1. The second kappa shape index (κ2) is 7.97. The summed E-state index contributed by atoms with van der Waals surface area (Å²) in [6.07, 6.45) is 3.88. The highest BCUT2D eigenvalue weighted by molar-refractivity contribution is 7.80. The highest BCUT2D eigenvalue weighted by atomic mass is 32.1. The average Bonchev–Trinajstić information content (AvgIpc) is 3.50. The normalized spacial score (nSPS) is 19.9. The van der Waals surface area contributed by atoms with Crippen LogP contribution in [0.5, 0.6) is 11.5 Å². The van der Waals surface area contributed by atoms with Crippen LogP contribution in [-0.2, 0) is 11.3 Å². The van der Waals surface area contributed by atoms with Crippen LogP contribution in [0.1, 0.15) is 23.5 Å². The third-order valence-electron chi connectivity index (χ3n) is 5.44. The number of anilines is 1. The molecular weight excluding hydrogens is 400 g/mol. The van der Waals surface area contributed by atoms with Crippen LogP contribution in [0.15, 0.2) is 60.9 Å². The molecule has 3 aromatic rings. The van der Waals surface area contributed by atoms with Crippen molar-refractivity contribution in [2.45, 2.75) is 18.6 Å². The molecule has 5 rings (SSSR count). The molecule has 7 nitrogen and oxygen atoms in total. The van der Waals surface area contributed by atoms with Crippen molar-refractivity contribution >= 4 is 23.0 Å². The van der Waals surface area contributed by atoms with Gasteiger partial charge in [0.15, 0.2) is 16.6 Å². The highest BCUT2D eigenvalue weighted by Gasteiger charge is 2.42. The number of hydrogen-bond acceptors (Lipinski definition) is 5. The van der Waals surface area contributed by atoms with Gasteiger partial charge < -0.3 is 29.0 Å². The van der Waals surface area contributed by atoms with E-state index >= 15 is 0 Å². The largest absolute Gasteiger partial charge is 0.454 e. The molecule has 0 bridgehead atoms. The van der Waals surface area contributed by atoms with Crippen LogP contribution in [0.3, 0.4) is 0 Å². The van der Waals surface area contributed by atoms with Gasteiger partial charge in [-0.25, -0.2) is 0 Å². The van der Waals surface area contributed by atoms with Crippen molar-refractivity contribution in [3.05, 3.63) is 72.3 Å². The Hall–Kier alpha value is -3.10. The molecule has 154 valence electrons. The summed E-state index contributed by atoms with van der Waals surface area (Å²) in [6.45, 7) is 1.62. The van der Waals surface area contributed by atoms with E-state index in [1.807, 2.05) is 42.6 Å². The van der Waals surface area contributed by atoms with Crippen LogP contribution in [0.25, 0.3) is 0 Å². The molecule has 8 heteroatoms. The van der Waals surface area contributed by atoms with Gasteiger partial charge in [0.25, 0.3) is 0 Å². The van der Waals surface area contributed by atoms with Crippen LogP contribution in [0.4, 0.5) is 5.69 Å². The maximum absolute atomic E-state index is 5.79. The van der Waals surface area contributed by atoms with E-state index in [1.54, 1.807) is 7.11 Å². The van der Waals surface area contributed by atoms with Gasteiger partial charge in [-0.15, -0.1) is 0 Å². The number of thiocarbonyl (C=S) groups is 1. The average molecular weight is 423 g/mol. The standard InChI is InChI=1S/C22H22N4O3S/c1-27-12-11-25-10-4-6-17(25)21-20(16-5-2-3-9-23-16)24-22(30)26(21)15-7-8-18-19(13-15)29-14-28-18/h2-10,13,20-21H,11-12,14H2,1H3,(H,24,30)/t20-,21-/m1/s1. The van der Waals surface area contributed by atoms with Crippen molar-refractivity contribution in [1.82, 2.24) is 14.9 Å². The van der Waals surface area contributed by atoms with Crippen molar-refractivity contribution in [2.24, 2.45) is 0 Å².